The molecule has 0 aliphatic carbocycles. The Balaban J connectivity index is 2.26. The fourth-order valence-electron chi connectivity index (χ4n) is 2.67. The maximum atomic E-state index is 9.26. The van der Waals surface area contributed by atoms with E-state index in [9.17, 15) is 5.26 Å². The molecule has 3 atom stereocenters. The van der Waals surface area contributed by atoms with Crippen molar-refractivity contribution in [1.82, 2.24) is 10.2 Å². The van der Waals surface area contributed by atoms with Crippen molar-refractivity contribution in [3.8, 4) is 6.07 Å². The van der Waals surface area contributed by atoms with E-state index >= 15 is 0 Å². The van der Waals surface area contributed by atoms with E-state index in [2.05, 4.69) is 37.1 Å². The van der Waals surface area contributed by atoms with Gasteiger partial charge >= 0.3 is 0 Å². The van der Waals surface area contributed by atoms with Gasteiger partial charge in [0, 0.05) is 13.1 Å². The van der Waals surface area contributed by atoms with Crippen LogP contribution >= 0.6 is 0 Å². The van der Waals surface area contributed by atoms with Crippen molar-refractivity contribution in [2.75, 3.05) is 26.2 Å². The minimum Gasteiger partial charge on any atom is -0.303 e. The van der Waals surface area contributed by atoms with Gasteiger partial charge in [0.25, 0.3) is 0 Å². The van der Waals surface area contributed by atoms with E-state index in [1.54, 1.807) is 0 Å². The van der Waals surface area contributed by atoms with Gasteiger partial charge in [0.05, 0.1) is 6.07 Å². The van der Waals surface area contributed by atoms with Crippen molar-refractivity contribution in [1.29, 1.82) is 5.26 Å². The first-order valence-electron chi connectivity index (χ1n) is 7.39. The van der Waals surface area contributed by atoms with Crippen molar-refractivity contribution in [2.24, 2.45) is 11.8 Å². The van der Waals surface area contributed by atoms with Crippen molar-refractivity contribution >= 4 is 0 Å². The molecule has 0 amide bonds. The lowest BCUT2D eigenvalue weighted by Crippen LogP contribution is -2.42. The molecule has 1 fully saturated rings. The first-order valence-corrected chi connectivity index (χ1v) is 7.39. The second kappa shape index (κ2) is 7.11. The lowest BCUT2D eigenvalue weighted by atomic mass is 9.97. The van der Waals surface area contributed by atoms with Gasteiger partial charge in [-0.2, -0.15) is 5.26 Å². The van der Waals surface area contributed by atoms with E-state index in [0.717, 1.165) is 44.2 Å². The topological polar surface area (TPSA) is 39.1 Å². The molecule has 1 rings (SSSR count). The number of hydrogen-bond acceptors (Lipinski definition) is 3. The van der Waals surface area contributed by atoms with E-state index in [-0.39, 0.29) is 5.54 Å². The second-order valence-corrected chi connectivity index (χ2v) is 6.19. The number of nitrogens with zero attached hydrogens (tertiary/aromatic N) is 2. The summed E-state index contributed by atoms with van der Waals surface area (Å²) in [7, 11) is 0. The minimum atomic E-state index is -0.340. The largest absolute Gasteiger partial charge is 0.303 e. The minimum absolute atomic E-state index is 0.340. The summed E-state index contributed by atoms with van der Waals surface area (Å²) >= 11 is 0. The van der Waals surface area contributed by atoms with E-state index in [4.69, 9.17) is 0 Å². The second-order valence-electron chi connectivity index (χ2n) is 6.19. The molecule has 1 aliphatic heterocycles. The number of nitrogens with one attached hydrogen (secondary N) is 1. The Bertz CT molecular complexity index is 274. The van der Waals surface area contributed by atoms with Gasteiger partial charge in [-0.25, -0.2) is 0 Å². The van der Waals surface area contributed by atoms with Crippen LogP contribution in [0.5, 0.6) is 0 Å². The number of hydrogen-bond donors (Lipinski definition) is 1. The van der Waals surface area contributed by atoms with Gasteiger partial charge in [-0.3, -0.25) is 5.32 Å². The molecule has 104 valence electrons. The molecule has 0 saturated carbocycles. The van der Waals surface area contributed by atoms with Crippen LogP contribution in [0.2, 0.25) is 0 Å². The molecule has 3 heteroatoms. The molecule has 1 heterocycles. The average molecular weight is 251 g/mol. The number of likely N-dealkylation sites (tertiary alicyclic amines) is 1. The normalized spacial score (nSPS) is 27.9. The van der Waals surface area contributed by atoms with Crippen LogP contribution in [0.15, 0.2) is 0 Å². The number of rotatable bonds is 7. The molecule has 0 aromatic carbocycles. The van der Waals surface area contributed by atoms with E-state index in [1.807, 2.05) is 6.92 Å². The summed E-state index contributed by atoms with van der Waals surface area (Å²) in [6.45, 7) is 13.4. The molecule has 1 saturated heterocycles. The molecule has 1 aliphatic rings. The third kappa shape index (κ3) is 4.59. The summed E-state index contributed by atoms with van der Waals surface area (Å²) in [5.41, 5.74) is -0.340. The Hall–Kier alpha value is -0.590. The highest BCUT2D eigenvalue weighted by Gasteiger charge is 2.27. The summed E-state index contributed by atoms with van der Waals surface area (Å²) in [5.74, 6) is 1.65. The summed E-state index contributed by atoms with van der Waals surface area (Å²) in [6.07, 6.45) is 3.14. The zero-order chi connectivity index (χ0) is 13.6. The zero-order valence-corrected chi connectivity index (χ0v) is 12.5. The first-order chi connectivity index (χ1) is 8.50. The Labute approximate surface area is 113 Å². The Kier molecular flexibility index (Phi) is 6.11. The van der Waals surface area contributed by atoms with Crippen LogP contribution in [-0.4, -0.2) is 36.6 Å². The highest BCUT2D eigenvalue weighted by molar-refractivity contribution is 5.03. The van der Waals surface area contributed by atoms with E-state index < -0.39 is 0 Å². The monoisotopic (exact) mass is 251 g/mol. The third-order valence-electron chi connectivity index (χ3n) is 4.23. The maximum Gasteiger partial charge on any atom is 0.103 e. The summed E-state index contributed by atoms with van der Waals surface area (Å²) in [4.78, 5) is 2.55. The fraction of sp³-hybridized carbons (Fsp3) is 0.933. The predicted octanol–water partition coefficient (Wildman–Crippen LogP) is 2.64. The van der Waals surface area contributed by atoms with Crippen LogP contribution < -0.4 is 5.32 Å². The molecule has 0 aromatic heterocycles. The van der Waals surface area contributed by atoms with Crippen molar-refractivity contribution < 1.29 is 0 Å². The summed E-state index contributed by atoms with van der Waals surface area (Å²) < 4.78 is 0. The fourth-order valence-corrected chi connectivity index (χ4v) is 2.67. The van der Waals surface area contributed by atoms with Crippen LogP contribution in [0.4, 0.5) is 0 Å². The smallest absolute Gasteiger partial charge is 0.103 e. The van der Waals surface area contributed by atoms with Crippen LogP contribution in [0, 0.1) is 23.2 Å². The molecule has 1 N–H and O–H groups in total. The average Bonchev–Trinajstić information content (AvgIpc) is 2.66. The van der Waals surface area contributed by atoms with Gasteiger partial charge in [-0.1, -0.05) is 20.8 Å². The van der Waals surface area contributed by atoms with Gasteiger partial charge in [-0.05, 0) is 51.1 Å². The first kappa shape index (κ1) is 15.5. The lowest BCUT2D eigenvalue weighted by molar-refractivity contribution is 0.296. The van der Waals surface area contributed by atoms with Crippen LogP contribution in [-0.2, 0) is 0 Å². The van der Waals surface area contributed by atoms with Gasteiger partial charge < -0.3 is 4.90 Å². The number of nitriles is 1. The maximum absolute atomic E-state index is 9.26. The van der Waals surface area contributed by atoms with E-state index in [1.165, 1.54) is 13.1 Å². The van der Waals surface area contributed by atoms with E-state index in [0.29, 0.717) is 0 Å². The third-order valence-corrected chi connectivity index (χ3v) is 4.23. The summed E-state index contributed by atoms with van der Waals surface area (Å²) in [6, 6.07) is 2.43. The van der Waals surface area contributed by atoms with Crippen LogP contribution in [0.3, 0.4) is 0 Å². The standard InChI is InChI=1S/C15H29N3/c1-5-8-17-15(4,12-16)7-6-9-18-10-13(2)14(3)11-18/h13-14,17H,5-11H2,1-4H3. The van der Waals surface area contributed by atoms with Gasteiger partial charge in [-0.15, -0.1) is 0 Å². The van der Waals surface area contributed by atoms with Crippen LogP contribution in [0.1, 0.15) is 47.0 Å². The molecule has 0 bridgehead atoms. The molecule has 3 unspecified atom stereocenters. The predicted molar refractivity (Wildman–Crippen MR) is 76.3 cm³/mol. The lowest BCUT2D eigenvalue weighted by Gasteiger charge is -2.24. The van der Waals surface area contributed by atoms with Gasteiger partial charge in [0.2, 0.25) is 0 Å². The molecule has 0 aromatic rings. The molecule has 3 nitrogen and oxygen atoms in total. The van der Waals surface area contributed by atoms with Gasteiger partial charge in [0.1, 0.15) is 5.54 Å². The van der Waals surface area contributed by atoms with Crippen molar-refractivity contribution in [3.05, 3.63) is 0 Å². The van der Waals surface area contributed by atoms with Crippen molar-refractivity contribution in [3.63, 3.8) is 0 Å². The van der Waals surface area contributed by atoms with Crippen molar-refractivity contribution in [2.45, 2.75) is 52.5 Å². The highest BCUT2D eigenvalue weighted by Crippen LogP contribution is 2.22. The highest BCUT2D eigenvalue weighted by atomic mass is 15.1. The molecule has 0 spiro atoms. The quantitative estimate of drug-likeness (QED) is 0.756. The Morgan fingerprint density at radius 1 is 1.33 bits per heavy atom. The SMILES string of the molecule is CCCNC(C)(C#N)CCCN1CC(C)C(C)C1. The van der Waals surface area contributed by atoms with Gasteiger partial charge in [0.15, 0.2) is 0 Å². The molecule has 0 radical (unpaired) electrons. The molecule has 18 heavy (non-hydrogen) atoms. The molecular formula is C15H29N3. The van der Waals surface area contributed by atoms with Crippen LogP contribution in [0.25, 0.3) is 0 Å². The molecular weight excluding hydrogens is 222 g/mol. The Morgan fingerprint density at radius 3 is 2.44 bits per heavy atom. The zero-order valence-electron chi connectivity index (χ0n) is 12.5. The Morgan fingerprint density at radius 2 is 1.94 bits per heavy atom. The summed E-state index contributed by atoms with van der Waals surface area (Å²) in [5, 5.41) is 12.6.